The number of H-pyrrole nitrogens is 1. The Kier molecular flexibility index (Phi) is 2.74. The lowest BCUT2D eigenvalue weighted by Gasteiger charge is -2.32. The second-order valence-electron chi connectivity index (χ2n) is 6.61. The van der Waals surface area contributed by atoms with E-state index in [-0.39, 0.29) is 11.2 Å². The van der Waals surface area contributed by atoms with Crippen LogP contribution in [-0.4, -0.2) is 10.8 Å². The zero-order chi connectivity index (χ0) is 17.1. The number of rotatable bonds is 0. The maximum atomic E-state index is 13.1. The molecule has 3 heteroatoms. The highest BCUT2D eigenvalue weighted by Crippen LogP contribution is 2.43. The maximum absolute atomic E-state index is 13.1. The van der Waals surface area contributed by atoms with E-state index in [1.54, 1.807) is 18.2 Å². The third kappa shape index (κ3) is 1.70. The molecule has 0 unspecified atom stereocenters. The summed E-state index contributed by atoms with van der Waals surface area (Å²) in [5.74, 6) is 2.58. The van der Waals surface area contributed by atoms with Crippen LogP contribution in [0.5, 0.6) is 0 Å². The van der Waals surface area contributed by atoms with Crippen molar-refractivity contribution in [1.29, 1.82) is 5.26 Å². The molecule has 1 heterocycles. The molecule has 3 aromatic rings. The average molecular weight is 310 g/mol. The van der Waals surface area contributed by atoms with Gasteiger partial charge >= 0.3 is 0 Å². The summed E-state index contributed by atoms with van der Waals surface area (Å²) < 4.78 is 0. The first-order chi connectivity index (χ1) is 11.5. The van der Waals surface area contributed by atoms with Crippen LogP contribution >= 0.6 is 0 Å². The molecule has 0 saturated heterocycles. The number of nitrogens with zero attached hydrogens (tertiary/aromatic N) is 1. The first-order valence-corrected chi connectivity index (χ1v) is 7.69. The van der Waals surface area contributed by atoms with Gasteiger partial charge in [-0.1, -0.05) is 31.9 Å². The number of terminal acetylenes is 1. The minimum Gasteiger partial charge on any atom is -0.357 e. The van der Waals surface area contributed by atoms with Gasteiger partial charge in [0.1, 0.15) is 0 Å². The highest BCUT2D eigenvalue weighted by Gasteiger charge is 2.39. The van der Waals surface area contributed by atoms with E-state index in [4.69, 9.17) is 11.7 Å². The van der Waals surface area contributed by atoms with Gasteiger partial charge < -0.3 is 4.98 Å². The molecule has 1 aliphatic rings. The number of ketones is 1. The first-order valence-electron chi connectivity index (χ1n) is 7.69. The first kappa shape index (κ1) is 14.3. The fraction of sp³-hybridized carbons (Fsp3) is 0.143. The molecule has 0 bridgehead atoms. The molecule has 0 saturated carbocycles. The lowest BCUT2D eigenvalue weighted by Crippen LogP contribution is -2.30. The fourth-order valence-corrected chi connectivity index (χ4v) is 3.61. The number of benzene rings is 2. The van der Waals surface area contributed by atoms with Crippen LogP contribution in [0, 0.1) is 23.7 Å². The molecule has 4 rings (SSSR count). The van der Waals surface area contributed by atoms with Gasteiger partial charge in [0.25, 0.3) is 0 Å². The summed E-state index contributed by atoms with van der Waals surface area (Å²) in [7, 11) is 0. The largest absolute Gasteiger partial charge is 0.357 e. The molecule has 2 aromatic carbocycles. The Morgan fingerprint density at radius 2 is 1.88 bits per heavy atom. The molecule has 114 valence electrons. The van der Waals surface area contributed by atoms with Crippen LogP contribution in [0.2, 0.25) is 0 Å². The van der Waals surface area contributed by atoms with Gasteiger partial charge in [-0.05, 0) is 29.8 Å². The van der Waals surface area contributed by atoms with Crippen LogP contribution in [-0.2, 0) is 5.41 Å². The molecule has 1 aromatic heterocycles. The Morgan fingerprint density at radius 1 is 1.12 bits per heavy atom. The maximum Gasteiger partial charge on any atom is 0.195 e. The zero-order valence-corrected chi connectivity index (χ0v) is 13.4. The number of fused-ring (bicyclic) bond motifs is 4. The zero-order valence-electron chi connectivity index (χ0n) is 13.4. The lowest BCUT2D eigenvalue weighted by atomic mass is 9.71. The monoisotopic (exact) mass is 310 g/mol. The van der Waals surface area contributed by atoms with Crippen molar-refractivity contribution in [1.82, 2.24) is 4.98 Å². The van der Waals surface area contributed by atoms with E-state index in [1.807, 2.05) is 18.2 Å². The van der Waals surface area contributed by atoms with Crippen molar-refractivity contribution >= 4 is 16.7 Å². The number of carbonyl (C=O) groups excluding carboxylic acids is 1. The minimum atomic E-state index is -0.350. The van der Waals surface area contributed by atoms with E-state index in [0.29, 0.717) is 22.3 Å². The molecular weight excluding hydrogens is 296 g/mol. The predicted molar refractivity (Wildman–Crippen MR) is 93.0 cm³/mol. The highest BCUT2D eigenvalue weighted by molar-refractivity contribution is 6.20. The number of nitriles is 1. The Bertz CT molecular complexity index is 1120. The van der Waals surface area contributed by atoms with Gasteiger partial charge in [0.15, 0.2) is 5.78 Å². The standard InChI is InChI=1S/C21H14N2O/c1-4-12-6-8-16-15(9-12)19(24)18-14-7-5-13(11-22)10-17(14)23-20(18)21(16,2)3/h1,5-10,23H,2-3H3. The predicted octanol–water partition coefficient (Wildman–Crippen LogP) is 3.89. The molecular formula is C21H14N2O. The number of aromatic amines is 1. The second-order valence-corrected chi connectivity index (χ2v) is 6.61. The summed E-state index contributed by atoms with van der Waals surface area (Å²) in [4.78, 5) is 16.5. The molecule has 0 spiro atoms. The molecule has 1 aliphatic carbocycles. The Hall–Kier alpha value is -3.30. The number of hydrogen-bond acceptors (Lipinski definition) is 2. The van der Waals surface area contributed by atoms with E-state index in [9.17, 15) is 4.79 Å². The van der Waals surface area contributed by atoms with Gasteiger partial charge in [0, 0.05) is 33.1 Å². The van der Waals surface area contributed by atoms with Gasteiger partial charge in [-0.15, -0.1) is 6.42 Å². The number of carbonyl (C=O) groups is 1. The van der Waals surface area contributed by atoms with E-state index in [2.05, 4.69) is 30.8 Å². The van der Waals surface area contributed by atoms with Crippen LogP contribution in [0.4, 0.5) is 0 Å². The molecule has 0 radical (unpaired) electrons. The molecule has 24 heavy (non-hydrogen) atoms. The van der Waals surface area contributed by atoms with Gasteiger partial charge in [-0.2, -0.15) is 5.26 Å². The summed E-state index contributed by atoms with van der Waals surface area (Å²) in [6.07, 6.45) is 5.50. The summed E-state index contributed by atoms with van der Waals surface area (Å²) >= 11 is 0. The normalized spacial score (nSPS) is 14.6. The van der Waals surface area contributed by atoms with Crippen LogP contribution in [0.15, 0.2) is 36.4 Å². The van der Waals surface area contributed by atoms with E-state index < -0.39 is 0 Å². The fourth-order valence-electron chi connectivity index (χ4n) is 3.61. The summed E-state index contributed by atoms with van der Waals surface area (Å²) in [5.41, 5.74) is 4.92. The SMILES string of the molecule is C#Cc1ccc2c(c1)C(=O)c1c([nH]c3cc(C#N)ccc13)C2(C)C. The van der Waals surface area contributed by atoms with E-state index in [1.165, 1.54) is 0 Å². The lowest BCUT2D eigenvalue weighted by molar-refractivity contribution is 0.103. The molecule has 3 nitrogen and oxygen atoms in total. The van der Waals surface area contributed by atoms with Gasteiger partial charge in [0.2, 0.25) is 0 Å². The molecule has 0 atom stereocenters. The van der Waals surface area contributed by atoms with Crippen molar-refractivity contribution in [2.24, 2.45) is 0 Å². The van der Waals surface area contributed by atoms with Crippen molar-refractivity contribution in [3.8, 4) is 18.4 Å². The number of nitrogens with one attached hydrogen (secondary N) is 1. The van der Waals surface area contributed by atoms with Crippen LogP contribution in [0.3, 0.4) is 0 Å². The van der Waals surface area contributed by atoms with Crippen molar-refractivity contribution in [3.05, 3.63) is 69.9 Å². The van der Waals surface area contributed by atoms with E-state index >= 15 is 0 Å². The highest BCUT2D eigenvalue weighted by atomic mass is 16.1. The minimum absolute atomic E-state index is 0.0209. The Balaban J connectivity index is 2.08. The molecule has 0 aliphatic heterocycles. The third-order valence-corrected chi connectivity index (χ3v) is 4.88. The van der Waals surface area contributed by atoms with Gasteiger partial charge in [-0.25, -0.2) is 0 Å². The summed E-state index contributed by atoms with van der Waals surface area (Å²) in [6.45, 7) is 4.18. The van der Waals surface area contributed by atoms with Crippen molar-refractivity contribution in [3.63, 3.8) is 0 Å². The van der Waals surface area contributed by atoms with Crippen molar-refractivity contribution in [2.75, 3.05) is 0 Å². The molecule has 1 N–H and O–H groups in total. The topological polar surface area (TPSA) is 56.6 Å². The summed E-state index contributed by atoms with van der Waals surface area (Å²) in [6, 6.07) is 13.1. The van der Waals surface area contributed by atoms with Gasteiger partial charge in [-0.3, -0.25) is 4.79 Å². The Labute approximate surface area is 139 Å². The third-order valence-electron chi connectivity index (χ3n) is 4.88. The van der Waals surface area contributed by atoms with Crippen LogP contribution < -0.4 is 0 Å². The molecule has 0 amide bonds. The van der Waals surface area contributed by atoms with Gasteiger partial charge in [0.05, 0.1) is 17.2 Å². The quantitative estimate of drug-likeness (QED) is 0.640. The van der Waals surface area contributed by atoms with Crippen molar-refractivity contribution < 1.29 is 4.79 Å². The second kappa shape index (κ2) is 4.60. The number of hydrogen-bond donors (Lipinski definition) is 1. The van der Waals surface area contributed by atoms with Crippen molar-refractivity contribution in [2.45, 2.75) is 19.3 Å². The Morgan fingerprint density at radius 3 is 2.58 bits per heavy atom. The summed E-state index contributed by atoms with van der Waals surface area (Å²) in [5, 5.41) is 9.95. The smallest absolute Gasteiger partial charge is 0.195 e. The van der Waals surface area contributed by atoms with Crippen LogP contribution in [0.25, 0.3) is 10.9 Å². The average Bonchev–Trinajstić information content (AvgIpc) is 2.99. The number of aromatic nitrogens is 1. The van der Waals surface area contributed by atoms with Crippen LogP contribution in [0.1, 0.15) is 52.2 Å². The van der Waals surface area contributed by atoms with E-state index in [0.717, 1.165) is 22.2 Å². The molecule has 0 fully saturated rings.